The molecular weight excluding hydrogens is 396 g/mol. The highest BCUT2D eigenvalue weighted by Crippen LogP contribution is 2.39. The molecular formula is C23H24N4O4. The number of aromatic nitrogens is 2. The Labute approximate surface area is 180 Å². The van der Waals surface area contributed by atoms with Crippen molar-refractivity contribution in [1.82, 2.24) is 9.78 Å². The maximum Gasteiger partial charge on any atom is 0.251 e. The molecule has 8 nitrogen and oxygen atoms in total. The van der Waals surface area contributed by atoms with Crippen molar-refractivity contribution in [3.63, 3.8) is 0 Å². The SMILES string of the molecule is COCc1nn2c(c1-c1cccc(OC)c1)NC(=O)C2CC(=O)Nc1cccc(C)c1. The van der Waals surface area contributed by atoms with Crippen molar-refractivity contribution >= 4 is 23.3 Å². The van der Waals surface area contributed by atoms with Gasteiger partial charge in [-0.05, 0) is 42.3 Å². The lowest BCUT2D eigenvalue weighted by molar-refractivity contribution is -0.123. The number of carbonyl (C=O) groups is 2. The summed E-state index contributed by atoms with van der Waals surface area (Å²) in [5.41, 5.74) is 4.02. The monoisotopic (exact) mass is 420 g/mol. The first-order chi connectivity index (χ1) is 15.0. The number of fused-ring (bicyclic) bond motifs is 1. The van der Waals surface area contributed by atoms with Crippen LogP contribution >= 0.6 is 0 Å². The average molecular weight is 420 g/mol. The van der Waals surface area contributed by atoms with Crippen LogP contribution in [0.25, 0.3) is 11.1 Å². The van der Waals surface area contributed by atoms with Crippen molar-refractivity contribution in [2.45, 2.75) is 26.0 Å². The highest BCUT2D eigenvalue weighted by molar-refractivity contribution is 6.04. The Balaban J connectivity index is 1.64. The van der Waals surface area contributed by atoms with Gasteiger partial charge in [0, 0.05) is 12.8 Å². The molecule has 160 valence electrons. The molecule has 0 aliphatic carbocycles. The van der Waals surface area contributed by atoms with Gasteiger partial charge in [-0.15, -0.1) is 0 Å². The molecule has 8 heteroatoms. The predicted octanol–water partition coefficient (Wildman–Crippen LogP) is 3.54. The van der Waals surface area contributed by atoms with Gasteiger partial charge in [-0.25, -0.2) is 4.68 Å². The van der Waals surface area contributed by atoms with E-state index in [4.69, 9.17) is 9.47 Å². The average Bonchev–Trinajstić information content (AvgIpc) is 3.23. The molecule has 1 aromatic heterocycles. The molecule has 1 unspecified atom stereocenters. The van der Waals surface area contributed by atoms with E-state index in [2.05, 4.69) is 15.7 Å². The Morgan fingerprint density at radius 3 is 2.74 bits per heavy atom. The van der Waals surface area contributed by atoms with Crippen molar-refractivity contribution in [1.29, 1.82) is 0 Å². The van der Waals surface area contributed by atoms with Gasteiger partial charge < -0.3 is 20.1 Å². The molecule has 2 N–H and O–H groups in total. The van der Waals surface area contributed by atoms with E-state index in [1.165, 1.54) is 0 Å². The smallest absolute Gasteiger partial charge is 0.251 e. The summed E-state index contributed by atoms with van der Waals surface area (Å²) < 4.78 is 12.2. The van der Waals surface area contributed by atoms with Crippen LogP contribution in [0.4, 0.5) is 11.5 Å². The van der Waals surface area contributed by atoms with Crippen LogP contribution in [-0.2, 0) is 20.9 Å². The molecule has 0 saturated heterocycles. The summed E-state index contributed by atoms with van der Waals surface area (Å²) in [6.07, 6.45) is -0.0293. The third-order valence-corrected chi connectivity index (χ3v) is 5.14. The van der Waals surface area contributed by atoms with Crippen LogP contribution in [0.1, 0.15) is 23.7 Å². The van der Waals surface area contributed by atoms with Crippen molar-refractivity contribution in [3.05, 3.63) is 59.8 Å². The predicted molar refractivity (Wildman–Crippen MR) is 117 cm³/mol. The molecule has 0 bridgehead atoms. The van der Waals surface area contributed by atoms with Gasteiger partial charge in [0.05, 0.1) is 31.4 Å². The molecule has 2 heterocycles. The number of benzene rings is 2. The molecule has 1 aliphatic heterocycles. The number of anilines is 2. The Morgan fingerprint density at radius 1 is 1.19 bits per heavy atom. The normalized spacial score (nSPS) is 14.8. The number of amides is 2. The fourth-order valence-electron chi connectivity index (χ4n) is 3.75. The summed E-state index contributed by atoms with van der Waals surface area (Å²) in [7, 11) is 3.19. The lowest BCUT2D eigenvalue weighted by Crippen LogP contribution is -2.24. The zero-order chi connectivity index (χ0) is 22.0. The van der Waals surface area contributed by atoms with Gasteiger partial charge in [0.15, 0.2) is 0 Å². The fourth-order valence-corrected chi connectivity index (χ4v) is 3.75. The second-order valence-electron chi connectivity index (χ2n) is 7.41. The van der Waals surface area contributed by atoms with Gasteiger partial charge in [0.2, 0.25) is 5.91 Å². The largest absolute Gasteiger partial charge is 0.497 e. The van der Waals surface area contributed by atoms with Crippen LogP contribution in [0.3, 0.4) is 0 Å². The van der Waals surface area contributed by atoms with E-state index in [-0.39, 0.29) is 24.8 Å². The quantitative estimate of drug-likeness (QED) is 0.610. The number of hydrogen-bond donors (Lipinski definition) is 2. The first kappa shape index (κ1) is 20.6. The number of methoxy groups -OCH3 is 2. The molecule has 0 spiro atoms. The second kappa shape index (κ2) is 8.61. The van der Waals surface area contributed by atoms with Gasteiger partial charge in [-0.2, -0.15) is 5.10 Å². The topological polar surface area (TPSA) is 94.5 Å². The summed E-state index contributed by atoms with van der Waals surface area (Å²) >= 11 is 0. The van der Waals surface area contributed by atoms with Gasteiger partial charge in [0.1, 0.15) is 17.6 Å². The first-order valence-corrected chi connectivity index (χ1v) is 9.92. The van der Waals surface area contributed by atoms with Gasteiger partial charge in [-0.1, -0.05) is 24.3 Å². The summed E-state index contributed by atoms with van der Waals surface area (Å²) in [6, 6.07) is 14.3. The molecule has 31 heavy (non-hydrogen) atoms. The molecule has 4 rings (SSSR count). The van der Waals surface area contributed by atoms with Crippen LogP contribution in [0.5, 0.6) is 5.75 Å². The third-order valence-electron chi connectivity index (χ3n) is 5.14. The number of hydrogen-bond acceptors (Lipinski definition) is 5. The second-order valence-corrected chi connectivity index (χ2v) is 7.41. The number of carbonyl (C=O) groups excluding carboxylic acids is 2. The third kappa shape index (κ3) is 4.15. The summed E-state index contributed by atoms with van der Waals surface area (Å²) in [6.45, 7) is 2.22. The standard InChI is InChI=1S/C23H24N4O4/c1-14-6-4-8-16(10-14)24-20(28)12-19-23(29)25-22-21(18(13-30-2)26-27(19)22)15-7-5-9-17(11-15)31-3/h4-11,19H,12-13H2,1-3H3,(H,24,28)(H,25,29). The highest BCUT2D eigenvalue weighted by Gasteiger charge is 2.37. The van der Waals surface area contributed by atoms with Crippen LogP contribution in [0, 0.1) is 6.92 Å². The number of nitrogens with zero attached hydrogens (tertiary/aromatic N) is 2. The molecule has 0 saturated carbocycles. The van der Waals surface area contributed by atoms with Gasteiger partial charge in [-0.3, -0.25) is 9.59 Å². The van der Waals surface area contributed by atoms with Crippen LogP contribution in [-0.4, -0.2) is 35.8 Å². The van der Waals surface area contributed by atoms with Crippen molar-refractivity contribution in [2.75, 3.05) is 24.9 Å². The van der Waals surface area contributed by atoms with E-state index < -0.39 is 6.04 Å². The lowest BCUT2D eigenvalue weighted by Gasteiger charge is -2.10. The Morgan fingerprint density at radius 2 is 2.00 bits per heavy atom. The summed E-state index contributed by atoms with van der Waals surface area (Å²) in [5.74, 6) is 0.721. The summed E-state index contributed by atoms with van der Waals surface area (Å²) in [4.78, 5) is 25.3. The Hall–Kier alpha value is -3.65. The van der Waals surface area contributed by atoms with Crippen LogP contribution in [0.15, 0.2) is 48.5 Å². The fraction of sp³-hybridized carbons (Fsp3) is 0.261. The van der Waals surface area contributed by atoms with Gasteiger partial charge >= 0.3 is 0 Å². The van der Waals surface area contributed by atoms with E-state index >= 15 is 0 Å². The van der Waals surface area contributed by atoms with E-state index in [0.717, 1.165) is 16.7 Å². The molecule has 1 aliphatic rings. The van der Waals surface area contributed by atoms with Gasteiger partial charge in [0.25, 0.3) is 5.91 Å². The minimum atomic E-state index is -0.741. The van der Waals surface area contributed by atoms with Crippen molar-refractivity contribution in [3.8, 4) is 16.9 Å². The van der Waals surface area contributed by atoms with E-state index in [1.54, 1.807) is 18.9 Å². The Kier molecular flexibility index (Phi) is 5.73. The number of nitrogens with one attached hydrogen (secondary N) is 2. The Bertz CT molecular complexity index is 1140. The van der Waals surface area contributed by atoms with E-state index in [0.29, 0.717) is 22.9 Å². The van der Waals surface area contributed by atoms with Crippen molar-refractivity contribution < 1.29 is 19.1 Å². The maximum atomic E-state index is 12.7. The zero-order valence-corrected chi connectivity index (χ0v) is 17.6. The first-order valence-electron chi connectivity index (χ1n) is 9.92. The lowest BCUT2D eigenvalue weighted by atomic mass is 10.1. The maximum absolute atomic E-state index is 12.7. The van der Waals surface area contributed by atoms with Crippen LogP contribution < -0.4 is 15.4 Å². The summed E-state index contributed by atoms with van der Waals surface area (Å²) in [5, 5.41) is 10.4. The molecule has 2 amide bonds. The minimum absolute atomic E-state index is 0.0293. The molecule has 0 radical (unpaired) electrons. The zero-order valence-electron chi connectivity index (χ0n) is 17.6. The van der Waals surface area contributed by atoms with Crippen molar-refractivity contribution in [2.24, 2.45) is 0 Å². The highest BCUT2D eigenvalue weighted by atomic mass is 16.5. The van der Waals surface area contributed by atoms with Crippen LogP contribution in [0.2, 0.25) is 0 Å². The minimum Gasteiger partial charge on any atom is -0.497 e. The van der Waals surface area contributed by atoms with E-state index in [1.807, 2.05) is 55.5 Å². The molecule has 3 aromatic rings. The number of rotatable bonds is 7. The number of ether oxygens (including phenoxy) is 2. The molecule has 2 aromatic carbocycles. The molecule has 0 fully saturated rings. The molecule has 1 atom stereocenters. The van der Waals surface area contributed by atoms with E-state index in [9.17, 15) is 9.59 Å². The number of aryl methyl sites for hydroxylation is 1.